The Morgan fingerprint density at radius 2 is 2.28 bits per heavy atom. The second kappa shape index (κ2) is 6.11. The molecule has 0 aliphatic carbocycles. The summed E-state index contributed by atoms with van der Waals surface area (Å²) in [5.41, 5.74) is 1.00. The summed E-state index contributed by atoms with van der Waals surface area (Å²) in [6.07, 6.45) is 2.54. The Morgan fingerprint density at radius 1 is 1.44 bits per heavy atom. The maximum absolute atomic E-state index is 12.1. The van der Waals surface area contributed by atoms with Crippen LogP contribution in [0.15, 0.2) is 40.3 Å². The number of halogens is 1. The van der Waals surface area contributed by atoms with Crippen LogP contribution < -0.4 is 0 Å². The number of carbonyl (C=O) groups is 1. The minimum absolute atomic E-state index is 0.0489. The zero-order valence-corrected chi connectivity index (χ0v) is 12.4. The SMILES string of the molecule is CN(CCc1ccccn1)C(=O)c1sccc1Br. The van der Waals surface area contributed by atoms with Crippen molar-refractivity contribution in [1.82, 2.24) is 9.88 Å². The van der Waals surface area contributed by atoms with E-state index in [1.165, 1.54) is 11.3 Å². The minimum Gasteiger partial charge on any atom is -0.341 e. The molecule has 3 nitrogen and oxygen atoms in total. The highest BCUT2D eigenvalue weighted by Crippen LogP contribution is 2.23. The smallest absolute Gasteiger partial charge is 0.264 e. The van der Waals surface area contributed by atoms with Gasteiger partial charge >= 0.3 is 0 Å². The highest BCUT2D eigenvalue weighted by molar-refractivity contribution is 9.10. The summed E-state index contributed by atoms with van der Waals surface area (Å²) in [4.78, 5) is 18.9. The maximum Gasteiger partial charge on any atom is 0.264 e. The number of thiophene rings is 1. The first-order valence-corrected chi connectivity index (χ1v) is 7.24. The lowest BCUT2D eigenvalue weighted by atomic mass is 10.2. The summed E-state index contributed by atoms with van der Waals surface area (Å²) >= 11 is 4.84. The molecule has 18 heavy (non-hydrogen) atoms. The molecule has 0 unspecified atom stereocenters. The van der Waals surface area contributed by atoms with Gasteiger partial charge in [0.25, 0.3) is 5.91 Å². The van der Waals surface area contributed by atoms with Crippen molar-refractivity contribution in [1.29, 1.82) is 0 Å². The van der Waals surface area contributed by atoms with Gasteiger partial charge in [-0.3, -0.25) is 9.78 Å². The van der Waals surface area contributed by atoms with Crippen molar-refractivity contribution >= 4 is 33.2 Å². The molecule has 0 aromatic carbocycles. The fraction of sp³-hybridized carbons (Fsp3) is 0.231. The van der Waals surface area contributed by atoms with Crippen molar-refractivity contribution in [2.45, 2.75) is 6.42 Å². The fourth-order valence-corrected chi connectivity index (χ4v) is 3.08. The Balaban J connectivity index is 1.95. The molecule has 0 atom stereocenters. The van der Waals surface area contributed by atoms with E-state index in [0.717, 1.165) is 21.5 Å². The van der Waals surface area contributed by atoms with Gasteiger partial charge in [-0.1, -0.05) is 6.07 Å². The van der Waals surface area contributed by atoms with E-state index in [4.69, 9.17) is 0 Å². The van der Waals surface area contributed by atoms with Crippen LogP contribution in [0.25, 0.3) is 0 Å². The quantitative estimate of drug-likeness (QED) is 0.865. The Bertz CT molecular complexity index is 527. The van der Waals surface area contributed by atoms with Crippen LogP contribution in [0.5, 0.6) is 0 Å². The van der Waals surface area contributed by atoms with E-state index in [-0.39, 0.29) is 5.91 Å². The molecule has 5 heteroatoms. The van der Waals surface area contributed by atoms with Gasteiger partial charge in [0.15, 0.2) is 0 Å². The van der Waals surface area contributed by atoms with Gasteiger partial charge in [0.1, 0.15) is 4.88 Å². The van der Waals surface area contributed by atoms with E-state index in [1.54, 1.807) is 11.1 Å². The van der Waals surface area contributed by atoms with Crippen LogP contribution in [0, 0.1) is 0 Å². The molecule has 0 saturated heterocycles. The van der Waals surface area contributed by atoms with E-state index in [9.17, 15) is 4.79 Å². The first-order chi connectivity index (χ1) is 8.68. The molecule has 0 aliphatic heterocycles. The third-order valence-corrected chi connectivity index (χ3v) is 4.41. The lowest BCUT2D eigenvalue weighted by Gasteiger charge is -2.16. The molecule has 2 aromatic heterocycles. The summed E-state index contributed by atoms with van der Waals surface area (Å²) < 4.78 is 0.863. The van der Waals surface area contributed by atoms with Crippen LogP contribution in [0.3, 0.4) is 0 Å². The van der Waals surface area contributed by atoms with Gasteiger partial charge in [-0.05, 0) is 39.5 Å². The summed E-state index contributed by atoms with van der Waals surface area (Å²) in [7, 11) is 1.82. The molecule has 2 rings (SSSR count). The molecule has 2 heterocycles. The fourth-order valence-electron chi connectivity index (χ4n) is 1.55. The van der Waals surface area contributed by atoms with Gasteiger partial charge in [-0.2, -0.15) is 0 Å². The number of aromatic nitrogens is 1. The first-order valence-electron chi connectivity index (χ1n) is 5.57. The summed E-state index contributed by atoms with van der Waals surface area (Å²) in [5.74, 6) is 0.0489. The number of hydrogen-bond donors (Lipinski definition) is 0. The van der Waals surface area contributed by atoms with Crippen LogP contribution in [0.2, 0.25) is 0 Å². The normalized spacial score (nSPS) is 10.3. The van der Waals surface area contributed by atoms with Crippen molar-refractivity contribution in [2.24, 2.45) is 0 Å². The van der Waals surface area contributed by atoms with Gasteiger partial charge < -0.3 is 4.90 Å². The van der Waals surface area contributed by atoms with Crippen molar-refractivity contribution in [3.8, 4) is 0 Å². The number of amides is 1. The number of carbonyl (C=O) groups excluding carboxylic acids is 1. The van der Waals surface area contributed by atoms with Gasteiger partial charge in [0.05, 0.1) is 0 Å². The zero-order valence-electron chi connectivity index (χ0n) is 9.97. The average Bonchev–Trinajstić information content (AvgIpc) is 2.82. The molecule has 1 amide bonds. The molecular weight excluding hydrogens is 312 g/mol. The Kier molecular flexibility index (Phi) is 4.49. The Hall–Kier alpha value is -1.20. The van der Waals surface area contributed by atoms with Gasteiger partial charge in [0, 0.05) is 36.4 Å². The van der Waals surface area contributed by atoms with Crippen LogP contribution in [-0.2, 0) is 6.42 Å². The Morgan fingerprint density at radius 3 is 2.89 bits per heavy atom. The van der Waals surface area contributed by atoms with E-state index < -0.39 is 0 Å². The summed E-state index contributed by atoms with van der Waals surface area (Å²) in [6, 6.07) is 7.71. The van der Waals surface area contributed by atoms with E-state index in [1.807, 2.05) is 36.7 Å². The molecule has 0 saturated carbocycles. The molecule has 0 spiro atoms. The third-order valence-electron chi connectivity index (χ3n) is 2.59. The van der Waals surface area contributed by atoms with Gasteiger partial charge in [-0.15, -0.1) is 11.3 Å². The van der Waals surface area contributed by atoms with E-state index >= 15 is 0 Å². The van der Waals surface area contributed by atoms with Crippen molar-refractivity contribution in [2.75, 3.05) is 13.6 Å². The van der Waals surface area contributed by atoms with Crippen molar-refractivity contribution < 1.29 is 4.79 Å². The number of rotatable bonds is 4. The van der Waals surface area contributed by atoms with Crippen LogP contribution >= 0.6 is 27.3 Å². The zero-order chi connectivity index (χ0) is 13.0. The molecule has 94 valence electrons. The standard InChI is InChI=1S/C13H13BrN2OS/c1-16(8-5-10-4-2-3-7-15-10)13(17)12-11(14)6-9-18-12/h2-4,6-7,9H,5,8H2,1H3. The van der Waals surface area contributed by atoms with Crippen LogP contribution in [0.4, 0.5) is 0 Å². The average molecular weight is 325 g/mol. The number of likely N-dealkylation sites (N-methyl/N-ethyl adjacent to an activating group) is 1. The van der Waals surface area contributed by atoms with E-state index in [2.05, 4.69) is 20.9 Å². The Labute approximate surface area is 119 Å². The van der Waals surface area contributed by atoms with Gasteiger partial charge in [0.2, 0.25) is 0 Å². The largest absolute Gasteiger partial charge is 0.341 e. The number of nitrogens with zero attached hydrogens (tertiary/aromatic N) is 2. The van der Waals surface area contributed by atoms with Crippen LogP contribution in [0.1, 0.15) is 15.4 Å². The summed E-state index contributed by atoms with van der Waals surface area (Å²) in [5, 5.41) is 1.91. The van der Waals surface area contributed by atoms with Gasteiger partial charge in [-0.25, -0.2) is 0 Å². The monoisotopic (exact) mass is 324 g/mol. The van der Waals surface area contributed by atoms with E-state index in [0.29, 0.717) is 6.54 Å². The second-order valence-electron chi connectivity index (χ2n) is 3.90. The molecule has 0 bridgehead atoms. The molecule has 0 fully saturated rings. The highest BCUT2D eigenvalue weighted by Gasteiger charge is 2.15. The first kappa shape index (κ1) is 13.2. The lowest BCUT2D eigenvalue weighted by Crippen LogP contribution is -2.28. The molecule has 0 radical (unpaired) electrons. The number of pyridine rings is 1. The van der Waals surface area contributed by atoms with Crippen molar-refractivity contribution in [3.05, 3.63) is 50.9 Å². The van der Waals surface area contributed by atoms with Crippen LogP contribution in [-0.4, -0.2) is 29.4 Å². The second-order valence-corrected chi connectivity index (χ2v) is 5.67. The molecular formula is C13H13BrN2OS. The topological polar surface area (TPSA) is 33.2 Å². The van der Waals surface area contributed by atoms with Crippen molar-refractivity contribution in [3.63, 3.8) is 0 Å². The molecule has 0 aliphatic rings. The molecule has 2 aromatic rings. The molecule has 0 N–H and O–H groups in total. The minimum atomic E-state index is 0.0489. The summed E-state index contributed by atoms with van der Waals surface area (Å²) in [6.45, 7) is 0.667. The third kappa shape index (κ3) is 3.17. The predicted molar refractivity (Wildman–Crippen MR) is 76.9 cm³/mol. The maximum atomic E-state index is 12.1. The highest BCUT2D eigenvalue weighted by atomic mass is 79.9. The number of hydrogen-bond acceptors (Lipinski definition) is 3. The lowest BCUT2D eigenvalue weighted by molar-refractivity contribution is 0.0800. The predicted octanol–water partition coefficient (Wildman–Crippen LogP) is 3.22.